The SMILES string of the molecule is [N-]=[N+]=C1C=C(S(=O)[O-])c2ccccc2C1=O. The summed E-state index contributed by atoms with van der Waals surface area (Å²) in [6.45, 7) is 0. The number of carbonyl (C=O) groups is 1. The fourth-order valence-corrected chi connectivity index (χ4v) is 2.08. The lowest BCUT2D eigenvalue weighted by atomic mass is 9.95. The van der Waals surface area contributed by atoms with Gasteiger partial charge in [-0.1, -0.05) is 24.3 Å². The van der Waals surface area contributed by atoms with Gasteiger partial charge in [-0.25, -0.2) is 0 Å². The average Bonchev–Trinajstić information content (AvgIpc) is 2.29. The smallest absolute Gasteiger partial charge is 0.363 e. The van der Waals surface area contributed by atoms with Gasteiger partial charge in [0.1, 0.15) is 0 Å². The summed E-state index contributed by atoms with van der Waals surface area (Å²) in [6.07, 6.45) is 1.05. The monoisotopic (exact) mass is 233 g/mol. The fourth-order valence-electron chi connectivity index (χ4n) is 1.51. The Bertz CT molecular complexity index is 585. The van der Waals surface area contributed by atoms with Crippen LogP contribution in [-0.2, 0) is 11.1 Å². The van der Waals surface area contributed by atoms with Crippen LogP contribution in [0.2, 0.25) is 0 Å². The second kappa shape index (κ2) is 3.94. The normalized spacial score (nSPS) is 16.2. The number of hydrogen-bond acceptors (Lipinski definition) is 3. The van der Waals surface area contributed by atoms with Crippen molar-refractivity contribution in [2.45, 2.75) is 0 Å². The van der Waals surface area contributed by atoms with E-state index in [1.54, 1.807) is 12.1 Å². The Labute approximate surface area is 93.3 Å². The maximum atomic E-state index is 11.7. The van der Waals surface area contributed by atoms with Crippen LogP contribution < -0.4 is 0 Å². The third-order valence-corrected chi connectivity index (χ3v) is 2.92. The van der Waals surface area contributed by atoms with Crippen molar-refractivity contribution < 1.29 is 18.3 Å². The summed E-state index contributed by atoms with van der Waals surface area (Å²) in [6, 6.07) is 6.27. The third-order valence-electron chi connectivity index (χ3n) is 2.22. The van der Waals surface area contributed by atoms with Gasteiger partial charge in [-0.2, -0.15) is 4.79 Å². The minimum atomic E-state index is -2.48. The Morgan fingerprint density at radius 3 is 2.44 bits per heavy atom. The highest BCUT2D eigenvalue weighted by atomic mass is 32.2. The molecule has 0 bridgehead atoms. The van der Waals surface area contributed by atoms with Gasteiger partial charge in [-0.05, 0) is 11.1 Å². The van der Waals surface area contributed by atoms with E-state index in [4.69, 9.17) is 5.53 Å². The molecule has 1 aliphatic carbocycles. The molecule has 0 N–H and O–H groups in total. The number of rotatable bonds is 1. The summed E-state index contributed by atoms with van der Waals surface area (Å²) >= 11 is -2.48. The number of hydrogen-bond donors (Lipinski definition) is 0. The van der Waals surface area contributed by atoms with E-state index in [1.807, 2.05) is 0 Å². The van der Waals surface area contributed by atoms with Gasteiger partial charge in [-0.3, -0.25) is 9.00 Å². The number of Topliss-reactive ketones (excluding diaryl/α,β-unsaturated/α-hetero) is 1. The van der Waals surface area contributed by atoms with Gasteiger partial charge in [0.2, 0.25) is 0 Å². The second-order valence-corrected chi connectivity index (χ2v) is 4.01. The summed E-state index contributed by atoms with van der Waals surface area (Å²) in [5.74, 6) is -0.493. The van der Waals surface area contributed by atoms with Crippen molar-refractivity contribution in [3.05, 3.63) is 47.0 Å². The summed E-state index contributed by atoms with van der Waals surface area (Å²) in [5.41, 5.74) is 8.87. The highest BCUT2D eigenvalue weighted by Gasteiger charge is 2.29. The third kappa shape index (κ3) is 1.55. The van der Waals surface area contributed by atoms with Gasteiger partial charge in [0.25, 0.3) is 5.78 Å². The van der Waals surface area contributed by atoms with E-state index in [1.165, 1.54) is 12.1 Å². The van der Waals surface area contributed by atoms with Crippen LogP contribution in [0.15, 0.2) is 30.3 Å². The van der Waals surface area contributed by atoms with E-state index in [2.05, 4.69) is 4.79 Å². The number of carbonyl (C=O) groups excluding carboxylic acids is 1. The molecule has 0 saturated carbocycles. The maximum Gasteiger partial charge on any atom is 0.363 e. The van der Waals surface area contributed by atoms with Gasteiger partial charge < -0.3 is 10.1 Å². The molecule has 1 aromatic rings. The van der Waals surface area contributed by atoms with E-state index in [0.717, 1.165) is 6.08 Å². The molecule has 0 fully saturated rings. The molecule has 1 aliphatic rings. The number of nitrogens with zero attached hydrogens (tertiary/aromatic N) is 2. The predicted molar refractivity (Wildman–Crippen MR) is 56.3 cm³/mol. The van der Waals surface area contributed by atoms with E-state index < -0.39 is 16.9 Å². The molecular formula is C10H5N2O3S-. The molecule has 16 heavy (non-hydrogen) atoms. The van der Waals surface area contributed by atoms with Crippen molar-refractivity contribution in [3.63, 3.8) is 0 Å². The first-order chi connectivity index (χ1) is 7.65. The Balaban J connectivity index is 2.77. The van der Waals surface area contributed by atoms with Crippen LogP contribution >= 0.6 is 0 Å². The Hall–Kier alpha value is -1.88. The summed E-state index contributed by atoms with van der Waals surface area (Å²) in [4.78, 5) is 14.4. The lowest BCUT2D eigenvalue weighted by Gasteiger charge is -2.15. The number of ketones is 1. The first-order valence-corrected chi connectivity index (χ1v) is 5.39. The maximum absolute atomic E-state index is 11.7. The van der Waals surface area contributed by atoms with Crippen LogP contribution in [0.4, 0.5) is 0 Å². The molecular weight excluding hydrogens is 228 g/mol. The van der Waals surface area contributed by atoms with Gasteiger partial charge in [0.05, 0.1) is 0 Å². The van der Waals surface area contributed by atoms with E-state index in [-0.39, 0.29) is 16.2 Å². The van der Waals surface area contributed by atoms with E-state index in [9.17, 15) is 13.6 Å². The molecule has 5 nitrogen and oxygen atoms in total. The molecule has 0 spiro atoms. The van der Waals surface area contributed by atoms with Crippen LogP contribution in [0.5, 0.6) is 0 Å². The molecule has 1 aromatic carbocycles. The fraction of sp³-hybridized carbons (Fsp3) is 0. The van der Waals surface area contributed by atoms with E-state index >= 15 is 0 Å². The standard InChI is InChI=1S/C10H6N2O3S/c11-12-8-5-9(16(14)15)6-3-1-2-4-7(6)10(8)13/h1-5H,(H,14,15)/p-1. The van der Waals surface area contributed by atoms with Crippen molar-refractivity contribution in [2.24, 2.45) is 0 Å². The van der Waals surface area contributed by atoms with Crippen LogP contribution in [0.3, 0.4) is 0 Å². The topological polar surface area (TPSA) is 93.6 Å². The quantitative estimate of drug-likeness (QED) is 0.407. The summed E-state index contributed by atoms with van der Waals surface area (Å²) in [5, 5.41) is 0. The first kappa shape index (κ1) is 10.6. The highest BCUT2D eigenvalue weighted by molar-refractivity contribution is 7.89. The van der Waals surface area contributed by atoms with Crippen molar-refractivity contribution in [2.75, 3.05) is 0 Å². The van der Waals surface area contributed by atoms with Crippen molar-refractivity contribution in [1.82, 2.24) is 0 Å². The molecule has 0 saturated heterocycles. The van der Waals surface area contributed by atoms with Crippen molar-refractivity contribution in [3.8, 4) is 0 Å². The molecule has 80 valence electrons. The molecule has 0 heterocycles. The Morgan fingerprint density at radius 1 is 1.25 bits per heavy atom. The molecule has 1 atom stereocenters. The second-order valence-electron chi connectivity index (χ2n) is 3.10. The molecule has 0 amide bonds. The van der Waals surface area contributed by atoms with Crippen molar-refractivity contribution in [1.29, 1.82) is 0 Å². The predicted octanol–water partition coefficient (Wildman–Crippen LogP) is 0.774. The van der Waals surface area contributed by atoms with Gasteiger partial charge in [0, 0.05) is 22.1 Å². The molecule has 2 rings (SSSR count). The zero-order valence-corrected chi connectivity index (χ0v) is 8.73. The largest absolute Gasteiger partial charge is 0.768 e. The zero-order chi connectivity index (χ0) is 11.7. The molecule has 0 radical (unpaired) electrons. The number of benzene rings is 1. The van der Waals surface area contributed by atoms with Crippen LogP contribution in [0.25, 0.3) is 10.4 Å². The van der Waals surface area contributed by atoms with Gasteiger partial charge in [-0.15, -0.1) is 0 Å². The minimum absolute atomic E-state index is 0.0528. The number of allylic oxidation sites excluding steroid dienone is 1. The molecule has 6 heteroatoms. The van der Waals surface area contributed by atoms with Crippen LogP contribution in [0.1, 0.15) is 15.9 Å². The zero-order valence-electron chi connectivity index (χ0n) is 7.91. The Kier molecular flexibility index (Phi) is 2.62. The molecule has 0 aliphatic heterocycles. The minimum Gasteiger partial charge on any atom is -0.768 e. The summed E-state index contributed by atoms with van der Waals surface area (Å²) < 4.78 is 21.9. The van der Waals surface area contributed by atoms with Gasteiger partial charge in [0.15, 0.2) is 0 Å². The van der Waals surface area contributed by atoms with Gasteiger partial charge >= 0.3 is 5.71 Å². The Morgan fingerprint density at radius 2 is 1.88 bits per heavy atom. The van der Waals surface area contributed by atoms with Crippen LogP contribution in [-0.4, -0.2) is 25.0 Å². The molecule has 0 aromatic heterocycles. The first-order valence-electron chi connectivity index (χ1n) is 4.32. The lowest BCUT2D eigenvalue weighted by Crippen LogP contribution is -2.20. The molecule has 1 unspecified atom stereocenters. The van der Waals surface area contributed by atoms with Crippen molar-refractivity contribution >= 4 is 27.5 Å². The van der Waals surface area contributed by atoms with E-state index in [0.29, 0.717) is 5.56 Å². The summed E-state index contributed by atoms with van der Waals surface area (Å²) in [7, 11) is 0. The lowest BCUT2D eigenvalue weighted by molar-refractivity contribution is -0.00437. The number of fused-ring (bicyclic) bond motifs is 1. The van der Waals surface area contributed by atoms with Crippen LogP contribution in [0, 0.1) is 0 Å². The highest BCUT2D eigenvalue weighted by Crippen LogP contribution is 2.26. The average molecular weight is 233 g/mol.